The number of carbonyl (C=O) groups excluding carboxylic acids is 1. The highest BCUT2D eigenvalue weighted by molar-refractivity contribution is 7.99. The van der Waals surface area contributed by atoms with E-state index in [9.17, 15) is 9.59 Å². The normalized spacial score (nSPS) is 15.0. The standard InChI is InChI=1S/C20H26ClN3O2S/c1-13(2)9-10-24-19(26)16-8-7-14(21)11-17(16)23-20(24)27-12-18(25)22-15-5-3-4-6-15/h7-8,11,13,15H,3-6,9-10,12H2,1-2H3,(H,22,25). The fourth-order valence-electron chi connectivity index (χ4n) is 3.34. The Morgan fingerprint density at radius 2 is 2.11 bits per heavy atom. The van der Waals surface area contributed by atoms with Crippen LogP contribution in [0.1, 0.15) is 46.0 Å². The van der Waals surface area contributed by atoms with Gasteiger partial charge in [-0.2, -0.15) is 0 Å². The lowest BCUT2D eigenvalue weighted by molar-refractivity contribution is -0.119. The molecule has 1 aliphatic carbocycles. The van der Waals surface area contributed by atoms with Crippen molar-refractivity contribution in [2.45, 2.75) is 63.7 Å². The lowest BCUT2D eigenvalue weighted by Gasteiger charge is -2.15. The highest BCUT2D eigenvalue weighted by Crippen LogP contribution is 2.22. The van der Waals surface area contributed by atoms with Gasteiger partial charge in [-0.25, -0.2) is 4.98 Å². The van der Waals surface area contributed by atoms with Gasteiger partial charge in [-0.05, 0) is 43.4 Å². The Balaban J connectivity index is 1.83. The molecule has 3 rings (SSSR count). The predicted octanol–water partition coefficient (Wildman–Crippen LogP) is 4.25. The van der Waals surface area contributed by atoms with E-state index in [0.29, 0.717) is 39.6 Å². The lowest BCUT2D eigenvalue weighted by Crippen LogP contribution is -2.34. The van der Waals surface area contributed by atoms with Crippen LogP contribution in [0.3, 0.4) is 0 Å². The number of aromatic nitrogens is 2. The number of amides is 1. The summed E-state index contributed by atoms with van der Waals surface area (Å²) in [6, 6.07) is 5.43. The Bertz CT molecular complexity index is 875. The Morgan fingerprint density at radius 1 is 1.37 bits per heavy atom. The smallest absolute Gasteiger partial charge is 0.262 e. The van der Waals surface area contributed by atoms with Crippen LogP contribution in [0.5, 0.6) is 0 Å². The zero-order chi connectivity index (χ0) is 19.4. The molecule has 146 valence electrons. The fraction of sp³-hybridized carbons (Fsp3) is 0.550. The Kier molecular flexibility index (Phi) is 6.82. The van der Waals surface area contributed by atoms with Crippen LogP contribution < -0.4 is 10.9 Å². The van der Waals surface area contributed by atoms with Gasteiger partial charge in [0.25, 0.3) is 5.56 Å². The van der Waals surface area contributed by atoms with Gasteiger partial charge in [-0.3, -0.25) is 14.2 Å². The van der Waals surface area contributed by atoms with Crippen molar-refractivity contribution < 1.29 is 4.79 Å². The Labute approximate surface area is 168 Å². The first kappa shape index (κ1) is 20.2. The molecule has 1 fully saturated rings. The second-order valence-corrected chi connectivity index (χ2v) is 8.91. The summed E-state index contributed by atoms with van der Waals surface area (Å²) in [4.78, 5) is 29.9. The molecule has 1 heterocycles. The number of fused-ring (bicyclic) bond motifs is 1. The van der Waals surface area contributed by atoms with Crippen LogP contribution in [0.4, 0.5) is 0 Å². The molecule has 27 heavy (non-hydrogen) atoms. The summed E-state index contributed by atoms with van der Waals surface area (Å²) in [5.74, 6) is 0.737. The fourth-order valence-corrected chi connectivity index (χ4v) is 4.34. The maximum atomic E-state index is 13.0. The van der Waals surface area contributed by atoms with Crippen LogP contribution in [0, 0.1) is 5.92 Å². The van der Waals surface area contributed by atoms with E-state index < -0.39 is 0 Å². The molecule has 0 bridgehead atoms. The third-order valence-electron chi connectivity index (χ3n) is 4.87. The molecule has 1 aliphatic rings. The number of rotatable bonds is 7. The Morgan fingerprint density at radius 3 is 2.81 bits per heavy atom. The van der Waals surface area contributed by atoms with Crippen LogP contribution in [-0.4, -0.2) is 27.3 Å². The summed E-state index contributed by atoms with van der Waals surface area (Å²) in [6.45, 7) is 4.84. The second-order valence-electron chi connectivity index (χ2n) is 7.53. The van der Waals surface area contributed by atoms with Crippen LogP contribution >= 0.6 is 23.4 Å². The van der Waals surface area contributed by atoms with Gasteiger partial charge >= 0.3 is 0 Å². The molecule has 1 aromatic carbocycles. The highest BCUT2D eigenvalue weighted by atomic mass is 35.5. The number of hydrogen-bond acceptors (Lipinski definition) is 4. The second kappa shape index (κ2) is 9.11. The van der Waals surface area contributed by atoms with Gasteiger partial charge in [0.15, 0.2) is 5.16 Å². The van der Waals surface area contributed by atoms with Gasteiger partial charge in [0.05, 0.1) is 16.7 Å². The van der Waals surface area contributed by atoms with E-state index >= 15 is 0 Å². The molecular weight excluding hydrogens is 382 g/mol. The molecule has 0 atom stereocenters. The van der Waals surface area contributed by atoms with Crippen molar-refractivity contribution in [3.8, 4) is 0 Å². The molecule has 2 aromatic rings. The van der Waals surface area contributed by atoms with Gasteiger partial charge in [0, 0.05) is 17.6 Å². The first-order valence-electron chi connectivity index (χ1n) is 9.56. The monoisotopic (exact) mass is 407 g/mol. The summed E-state index contributed by atoms with van der Waals surface area (Å²) in [7, 11) is 0. The van der Waals surface area contributed by atoms with Crippen LogP contribution in [-0.2, 0) is 11.3 Å². The number of benzene rings is 1. The van der Waals surface area contributed by atoms with Crippen LogP contribution in [0.25, 0.3) is 10.9 Å². The minimum atomic E-state index is -0.0731. The molecule has 0 saturated heterocycles. The Hall–Kier alpha value is -1.53. The number of carbonyl (C=O) groups is 1. The molecule has 0 aliphatic heterocycles. The van der Waals surface area contributed by atoms with Crippen molar-refractivity contribution in [2.24, 2.45) is 5.92 Å². The van der Waals surface area contributed by atoms with Crippen molar-refractivity contribution in [3.05, 3.63) is 33.6 Å². The minimum absolute atomic E-state index is 0.00255. The molecule has 1 amide bonds. The average molecular weight is 408 g/mol. The summed E-state index contributed by atoms with van der Waals surface area (Å²) in [6.07, 6.45) is 5.35. The van der Waals surface area contributed by atoms with Crippen LogP contribution in [0.15, 0.2) is 28.2 Å². The van der Waals surface area contributed by atoms with E-state index in [4.69, 9.17) is 11.6 Å². The maximum Gasteiger partial charge on any atom is 0.262 e. The van der Waals surface area contributed by atoms with Gasteiger partial charge < -0.3 is 5.32 Å². The summed E-state index contributed by atoms with van der Waals surface area (Å²) < 4.78 is 1.70. The summed E-state index contributed by atoms with van der Waals surface area (Å²) >= 11 is 7.39. The molecule has 5 nitrogen and oxygen atoms in total. The largest absolute Gasteiger partial charge is 0.353 e. The zero-order valence-corrected chi connectivity index (χ0v) is 17.4. The maximum absolute atomic E-state index is 13.0. The number of nitrogens with zero attached hydrogens (tertiary/aromatic N) is 2. The predicted molar refractivity (Wildman–Crippen MR) is 112 cm³/mol. The van der Waals surface area contributed by atoms with Crippen molar-refractivity contribution in [2.75, 3.05) is 5.75 Å². The molecule has 7 heteroatoms. The molecule has 0 spiro atoms. The third kappa shape index (κ3) is 5.26. The zero-order valence-electron chi connectivity index (χ0n) is 15.8. The van der Waals surface area contributed by atoms with Gasteiger partial charge in [0.1, 0.15) is 0 Å². The van der Waals surface area contributed by atoms with Gasteiger partial charge in [0.2, 0.25) is 5.91 Å². The van der Waals surface area contributed by atoms with E-state index in [-0.39, 0.29) is 17.2 Å². The third-order valence-corrected chi connectivity index (χ3v) is 6.08. The quantitative estimate of drug-likeness (QED) is 0.550. The summed E-state index contributed by atoms with van der Waals surface area (Å²) in [5.41, 5.74) is 0.503. The van der Waals surface area contributed by atoms with Crippen molar-refractivity contribution >= 4 is 40.2 Å². The van der Waals surface area contributed by atoms with E-state index in [2.05, 4.69) is 24.1 Å². The first-order valence-corrected chi connectivity index (χ1v) is 10.9. The van der Waals surface area contributed by atoms with E-state index in [0.717, 1.165) is 19.3 Å². The molecule has 0 radical (unpaired) electrons. The van der Waals surface area contributed by atoms with Crippen molar-refractivity contribution in [1.82, 2.24) is 14.9 Å². The number of hydrogen-bond donors (Lipinski definition) is 1. The number of nitrogens with one attached hydrogen (secondary N) is 1. The number of halogens is 1. The van der Waals surface area contributed by atoms with E-state index in [1.807, 2.05) is 0 Å². The lowest BCUT2D eigenvalue weighted by atomic mass is 10.1. The van der Waals surface area contributed by atoms with E-state index in [1.54, 1.807) is 22.8 Å². The van der Waals surface area contributed by atoms with Crippen molar-refractivity contribution in [3.63, 3.8) is 0 Å². The average Bonchev–Trinajstić information content (AvgIpc) is 3.11. The number of thioether (sulfide) groups is 1. The molecular formula is C20H26ClN3O2S. The minimum Gasteiger partial charge on any atom is -0.353 e. The highest BCUT2D eigenvalue weighted by Gasteiger charge is 2.18. The molecule has 1 aromatic heterocycles. The SMILES string of the molecule is CC(C)CCn1c(SCC(=O)NC2CCCC2)nc2cc(Cl)ccc2c1=O. The van der Waals surface area contributed by atoms with Crippen LogP contribution in [0.2, 0.25) is 5.02 Å². The first-order chi connectivity index (χ1) is 12.9. The molecule has 1 saturated carbocycles. The van der Waals surface area contributed by atoms with Crippen molar-refractivity contribution in [1.29, 1.82) is 0 Å². The molecule has 1 N–H and O–H groups in total. The van der Waals surface area contributed by atoms with Gasteiger partial charge in [-0.1, -0.05) is 50.1 Å². The van der Waals surface area contributed by atoms with Gasteiger partial charge in [-0.15, -0.1) is 0 Å². The topological polar surface area (TPSA) is 64.0 Å². The van der Waals surface area contributed by atoms with E-state index in [1.165, 1.54) is 24.6 Å². The molecule has 0 unspecified atom stereocenters. The summed E-state index contributed by atoms with van der Waals surface area (Å²) in [5, 5.41) is 4.77.